The maximum Gasteiger partial charge on any atom is 0.257 e. The number of rotatable bonds is 7. The number of nitrogens with zero attached hydrogens (tertiary/aromatic N) is 2. The molecule has 5 heteroatoms. The van der Waals surface area contributed by atoms with Crippen LogP contribution in [0.3, 0.4) is 0 Å². The zero-order chi connectivity index (χ0) is 15.1. The molecule has 0 fully saturated rings. The second kappa shape index (κ2) is 7.59. The molecular formula is C16H21N3O2. The van der Waals surface area contributed by atoms with E-state index in [-0.39, 0.29) is 12.5 Å². The fourth-order valence-electron chi connectivity index (χ4n) is 2.01. The monoisotopic (exact) mass is 287 g/mol. The van der Waals surface area contributed by atoms with Crippen LogP contribution in [0, 0.1) is 0 Å². The number of fused-ring (bicyclic) bond motifs is 1. The number of nitrogens with one attached hydrogen (secondary N) is 1. The van der Waals surface area contributed by atoms with Gasteiger partial charge >= 0.3 is 0 Å². The van der Waals surface area contributed by atoms with Gasteiger partial charge in [-0.2, -0.15) is 0 Å². The molecule has 1 N–H and O–H groups in total. The van der Waals surface area contributed by atoms with Crippen LogP contribution in [0.2, 0.25) is 0 Å². The van der Waals surface area contributed by atoms with E-state index in [0.717, 1.165) is 23.9 Å². The summed E-state index contributed by atoms with van der Waals surface area (Å²) in [6.45, 7) is 1.63. The molecule has 1 aromatic heterocycles. The fourth-order valence-corrected chi connectivity index (χ4v) is 2.01. The second-order valence-electron chi connectivity index (χ2n) is 5.13. The molecule has 2 rings (SSSR count). The molecule has 1 amide bonds. The lowest BCUT2D eigenvalue weighted by molar-refractivity contribution is -0.123. The molecule has 0 saturated carbocycles. The van der Waals surface area contributed by atoms with Crippen LogP contribution in [0.15, 0.2) is 36.5 Å². The summed E-state index contributed by atoms with van der Waals surface area (Å²) in [7, 11) is 4.02. The van der Waals surface area contributed by atoms with Gasteiger partial charge in [0.05, 0.1) is 0 Å². The van der Waals surface area contributed by atoms with E-state index in [1.165, 1.54) is 0 Å². The van der Waals surface area contributed by atoms with Crippen molar-refractivity contribution in [1.29, 1.82) is 0 Å². The Morgan fingerprint density at radius 3 is 2.90 bits per heavy atom. The van der Waals surface area contributed by atoms with Crippen LogP contribution in [0.1, 0.15) is 6.42 Å². The smallest absolute Gasteiger partial charge is 0.257 e. The number of carbonyl (C=O) groups excluding carboxylic acids is 1. The van der Waals surface area contributed by atoms with Crippen LogP contribution in [-0.4, -0.2) is 49.6 Å². The molecular weight excluding hydrogens is 266 g/mol. The number of hydrogen-bond acceptors (Lipinski definition) is 4. The van der Waals surface area contributed by atoms with Gasteiger partial charge in [0.2, 0.25) is 0 Å². The average molecular weight is 287 g/mol. The van der Waals surface area contributed by atoms with Gasteiger partial charge in [-0.1, -0.05) is 18.2 Å². The van der Waals surface area contributed by atoms with E-state index >= 15 is 0 Å². The van der Waals surface area contributed by atoms with Crippen molar-refractivity contribution >= 4 is 16.8 Å². The number of hydrogen-bond donors (Lipinski definition) is 1. The molecule has 112 valence electrons. The van der Waals surface area contributed by atoms with E-state index in [1.54, 1.807) is 6.20 Å². The molecule has 0 unspecified atom stereocenters. The molecule has 0 saturated heterocycles. The van der Waals surface area contributed by atoms with E-state index in [2.05, 4.69) is 15.2 Å². The van der Waals surface area contributed by atoms with Crippen molar-refractivity contribution in [2.75, 3.05) is 33.8 Å². The van der Waals surface area contributed by atoms with E-state index in [1.807, 2.05) is 44.4 Å². The molecule has 0 radical (unpaired) electrons. The summed E-state index contributed by atoms with van der Waals surface area (Å²) in [6.07, 6.45) is 2.64. The van der Waals surface area contributed by atoms with E-state index in [0.29, 0.717) is 12.3 Å². The summed E-state index contributed by atoms with van der Waals surface area (Å²) in [5.41, 5.74) is 0.778. The molecule has 21 heavy (non-hydrogen) atoms. The zero-order valence-electron chi connectivity index (χ0n) is 12.5. The Morgan fingerprint density at radius 2 is 2.10 bits per heavy atom. The predicted octanol–water partition coefficient (Wildman–Crippen LogP) is 1.68. The summed E-state index contributed by atoms with van der Waals surface area (Å²) in [5, 5.41) is 3.85. The van der Waals surface area contributed by atoms with Crippen molar-refractivity contribution in [1.82, 2.24) is 15.2 Å². The van der Waals surface area contributed by atoms with Crippen LogP contribution < -0.4 is 10.1 Å². The van der Waals surface area contributed by atoms with Gasteiger partial charge in [-0.25, -0.2) is 0 Å². The van der Waals surface area contributed by atoms with Gasteiger partial charge in [0.15, 0.2) is 6.61 Å². The summed E-state index contributed by atoms with van der Waals surface area (Å²) in [6, 6.07) is 9.54. The highest BCUT2D eigenvalue weighted by atomic mass is 16.5. The number of aromatic nitrogens is 1. The molecule has 1 aromatic carbocycles. The van der Waals surface area contributed by atoms with Crippen LogP contribution in [0.25, 0.3) is 10.9 Å². The second-order valence-corrected chi connectivity index (χ2v) is 5.13. The third-order valence-electron chi connectivity index (χ3n) is 3.06. The van der Waals surface area contributed by atoms with Crippen molar-refractivity contribution < 1.29 is 9.53 Å². The number of amides is 1. The Morgan fingerprint density at radius 1 is 1.29 bits per heavy atom. The van der Waals surface area contributed by atoms with Gasteiger partial charge in [-0.15, -0.1) is 0 Å². The van der Waals surface area contributed by atoms with Crippen LogP contribution >= 0.6 is 0 Å². The Balaban J connectivity index is 1.83. The molecule has 0 spiro atoms. The molecule has 5 nitrogen and oxygen atoms in total. The van der Waals surface area contributed by atoms with E-state index in [4.69, 9.17) is 4.74 Å². The number of pyridine rings is 1. The highest BCUT2D eigenvalue weighted by Gasteiger charge is 2.06. The fraction of sp³-hybridized carbons (Fsp3) is 0.375. The number of ether oxygens (including phenoxy) is 1. The quantitative estimate of drug-likeness (QED) is 0.787. The molecule has 0 aliphatic heterocycles. The van der Waals surface area contributed by atoms with Gasteiger partial charge in [-0.05, 0) is 39.2 Å². The van der Waals surface area contributed by atoms with Crippen LogP contribution in [-0.2, 0) is 4.79 Å². The molecule has 0 aliphatic rings. The molecule has 0 bridgehead atoms. The minimum atomic E-state index is -0.110. The topological polar surface area (TPSA) is 54.5 Å². The maximum absolute atomic E-state index is 11.7. The Bertz CT molecular complexity index is 594. The molecule has 0 atom stereocenters. The van der Waals surface area contributed by atoms with Gasteiger partial charge in [-0.3, -0.25) is 9.78 Å². The van der Waals surface area contributed by atoms with Gasteiger partial charge in [0.1, 0.15) is 11.3 Å². The molecule has 1 heterocycles. The minimum absolute atomic E-state index is 0.0116. The maximum atomic E-state index is 11.7. The summed E-state index contributed by atoms with van der Waals surface area (Å²) < 4.78 is 5.57. The molecule has 2 aromatic rings. The first-order valence-corrected chi connectivity index (χ1v) is 7.05. The van der Waals surface area contributed by atoms with E-state index in [9.17, 15) is 4.79 Å². The minimum Gasteiger partial charge on any atom is -0.481 e. The third kappa shape index (κ3) is 4.72. The summed E-state index contributed by atoms with van der Waals surface area (Å²) >= 11 is 0. The Labute approximate surface area is 124 Å². The number of carbonyl (C=O) groups is 1. The van der Waals surface area contributed by atoms with Crippen molar-refractivity contribution in [3.63, 3.8) is 0 Å². The van der Waals surface area contributed by atoms with Crippen molar-refractivity contribution in [2.45, 2.75) is 6.42 Å². The zero-order valence-corrected chi connectivity index (χ0v) is 12.5. The first-order chi connectivity index (χ1) is 10.2. The predicted molar refractivity (Wildman–Crippen MR) is 83.4 cm³/mol. The van der Waals surface area contributed by atoms with E-state index < -0.39 is 0 Å². The van der Waals surface area contributed by atoms with Crippen molar-refractivity contribution in [2.24, 2.45) is 0 Å². The lowest BCUT2D eigenvalue weighted by Crippen LogP contribution is -2.31. The number of para-hydroxylation sites is 1. The van der Waals surface area contributed by atoms with Crippen LogP contribution in [0.4, 0.5) is 0 Å². The highest BCUT2D eigenvalue weighted by Crippen LogP contribution is 2.22. The SMILES string of the molecule is CN(C)CCCNC(=O)COc1cccc2cccnc12. The van der Waals surface area contributed by atoms with Crippen LogP contribution in [0.5, 0.6) is 5.75 Å². The third-order valence-corrected chi connectivity index (χ3v) is 3.06. The van der Waals surface area contributed by atoms with Crippen molar-refractivity contribution in [3.05, 3.63) is 36.5 Å². The van der Waals surface area contributed by atoms with Gasteiger partial charge in [0.25, 0.3) is 5.91 Å². The average Bonchev–Trinajstić information content (AvgIpc) is 2.49. The molecule has 0 aliphatic carbocycles. The largest absolute Gasteiger partial charge is 0.481 e. The Kier molecular flexibility index (Phi) is 5.51. The summed E-state index contributed by atoms with van der Waals surface area (Å²) in [5.74, 6) is 0.526. The Hall–Kier alpha value is -2.14. The normalized spacial score (nSPS) is 10.8. The summed E-state index contributed by atoms with van der Waals surface area (Å²) in [4.78, 5) is 18.1. The first-order valence-electron chi connectivity index (χ1n) is 7.05. The van der Waals surface area contributed by atoms with Gasteiger partial charge in [0, 0.05) is 18.1 Å². The highest BCUT2D eigenvalue weighted by molar-refractivity contribution is 5.85. The number of benzene rings is 1. The lowest BCUT2D eigenvalue weighted by Gasteiger charge is -2.11. The first kappa shape index (κ1) is 15.3. The van der Waals surface area contributed by atoms with Gasteiger partial charge < -0.3 is 15.0 Å². The standard InChI is InChI=1S/C16H21N3O2/c1-19(2)11-5-10-17-15(20)12-21-14-8-3-6-13-7-4-9-18-16(13)14/h3-4,6-9H,5,10-12H2,1-2H3,(H,17,20). The van der Waals surface area contributed by atoms with Crippen molar-refractivity contribution in [3.8, 4) is 5.75 Å². The lowest BCUT2D eigenvalue weighted by atomic mass is 10.2.